The molecule has 0 N–H and O–H groups in total. The van der Waals surface area contributed by atoms with Crippen LogP contribution in [0.5, 0.6) is 0 Å². The van der Waals surface area contributed by atoms with E-state index in [1.165, 1.54) is 77.7 Å². The molecular formula is C50H38N2. The van der Waals surface area contributed by atoms with E-state index < -0.39 is 0 Å². The number of hydrogen-bond acceptors (Lipinski definition) is 1. The summed E-state index contributed by atoms with van der Waals surface area (Å²) >= 11 is 0. The Morgan fingerprint density at radius 2 is 0.788 bits per heavy atom. The van der Waals surface area contributed by atoms with E-state index >= 15 is 0 Å². The normalized spacial score (nSPS) is 11.3. The van der Waals surface area contributed by atoms with Gasteiger partial charge in [-0.2, -0.15) is 0 Å². The van der Waals surface area contributed by atoms with Crippen LogP contribution in [0.2, 0.25) is 0 Å². The Morgan fingerprint density at radius 1 is 0.346 bits per heavy atom. The number of benzene rings is 8. The lowest BCUT2D eigenvalue weighted by Gasteiger charge is -2.28. The Hall–Kier alpha value is -6.64. The second-order valence-electron chi connectivity index (χ2n) is 13.5. The van der Waals surface area contributed by atoms with Crippen LogP contribution in [0.1, 0.15) is 11.1 Å². The van der Waals surface area contributed by atoms with Gasteiger partial charge in [0.2, 0.25) is 0 Å². The molecule has 0 spiro atoms. The minimum absolute atomic E-state index is 1.13. The first-order valence-corrected chi connectivity index (χ1v) is 17.9. The number of aromatic nitrogens is 1. The molecule has 1 aromatic heterocycles. The summed E-state index contributed by atoms with van der Waals surface area (Å²) in [5.41, 5.74) is 16.9. The van der Waals surface area contributed by atoms with Gasteiger partial charge in [0.05, 0.1) is 11.0 Å². The van der Waals surface area contributed by atoms with E-state index in [0.29, 0.717) is 0 Å². The van der Waals surface area contributed by atoms with Crippen LogP contribution in [0.4, 0.5) is 17.1 Å². The quantitative estimate of drug-likeness (QED) is 0.164. The van der Waals surface area contributed by atoms with Crippen LogP contribution in [0.15, 0.2) is 194 Å². The molecule has 0 bridgehead atoms. The van der Waals surface area contributed by atoms with Gasteiger partial charge in [-0.1, -0.05) is 140 Å². The summed E-state index contributed by atoms with van der Waals surface area (Å²) < 4.78 is 2.37. The van der Waals surface area contributed by atoms with E-state index in [0.717, 1.165) is 11.4 Å². The number of anilines is 3. The van der Waals surface area contributed by atoms with E-state index in [1.54, 1.807) is 0 Å². The first-order chi connectivity index (χ1) is 25.6. The van der Waals surface area contributed by atoms with Crippen molar-refractivity contribution < 1.29 is 0 Å². The van der Waals surface area contributed by atoms with Gasteiger partial charge in [-0.05, 0) is 113 Å². The van der Waals surface area contributed by atoms with Gasteiger partial charge < -0.3 is 9.47 Å². The molecule has 0 atom stereocenters. The van der Waals surface area contributed by atoms with E-state index in [1.807, 2.05) is 0 Å². The number of para-hydroxylation sites is 3. The van der Waals surface area contributed by atoms with Crippen LogP contribution in [-0.2, 0) is 0 Å². The van der Waals surface area contributed by atoms with E-state index in [-0.39, 0.29) is 0 Å². The van der Waals surface area contributed by atoms with Crippen molar-refractivity contribution >= 4 is 38.9 Å². The van der Waals surface area contributed by atoms with Crippen LogP contribution in [0, 0.1) is 13.8 Å². The molecule has 0 aliphatic rings. The molecule has 0 saturated heterocycles. The Balaban J connectivity index is 1.02. The molecule has 2 nitrogen and oxygen atoms in total. The van der Waals surface area contributed by atoms with Crippen LogP contribution in [-0.4, -0.2) is 4.57 Å². The zero-order valence-corrected chi connectivity index (χ0v) is 29.4. The number of nitrogens with zero attached hydrogens (tertiary/aromatic N) is 2. The van der Waals surface area contributed by atoms with Crippen molar-refractivity contribution in [2.75, 3.05) is 4.90 Å². The Bertz CT molecular complexity index is 2600. The third kappa shape index (κ3) is 5.55. The smallest absolute Gasteiger partial charge is 0.0541 e. The molecule has 9 rings (SSSR count). The first-order valence-electron chi connectivity index (χ1n) is 17.9. The SMILES string of the molecule is Cc1c(-c2ccc(-c3ccc(-n4c5ccccc5c5ccccc54)cc3)cc2)ccc(N(c2ccccc2)c2ccc(-c3ccccc3)cc2)c1C. The fraction of sp³-hybridized carbons (Fsp3) is 0.0400. The number of hydrogen-bond donors (Lipinski definition) is 0. The molecule has 0 aliphatic carbocycles. The largest absolute Gasteiger partial charge is 0.310 e. The van der Waals surface area contributed by atoms with Crippen molar-refractivity contribution in [3.63, 3.8) is 0 Å². The highest BCUT2D eigenvalue weighted by Gasteiger charge is 2.18. The van der Waals surface area contributed by atoms with Gasteiger partial charge in [0.25, 0.3) is 0 Å². The fourth-order valence-electron chi connectivity index (χ4n) is 7.65. The molecule has 2 heteroatoms. The average molecular weight is 667 g/mol. The molecule has 0 radical (unpaired) electrons. The lowest BCUT2D eigenvalue weighted by molar-refractivity contribution is 1.18. The van der Waals surface area contributed by atoms with Gasteiger partial charge in [-0.25, -0.2) is 0 Å². The topological polar surface area (TPSA) is 8.17 Å². The van der Waals surface area contributed by atoms with Gasteiger partial charge in [0.1, 0.15) is 0 Å². The molecule has 9 aromatic rings. The summed E-state index contributed by atoms with van der Waals surface area (Å²) in [5, 5.41) is 2.56. The fourth-order valence-corrected chi connectivity index (χ4v) is 7.65. The second kappa shape index (κ2) is 13.2. The van der Waals surface area contributed by atoms with Crippen molar-refractivity contribution in [3.8, 4) is 39.1 Å². The average Bonchev–Trinajstić information content (AvgIpc) is 3.55. The van der Waals surface area contributed by atoms with Crippen LogP contribution < -0.4 is 4.90 Å². The molecule has 8 aromatic carbocycles. The minimum atomic E-state index is 1.13. The predicted octanol–water partition coefficient (Wildman–Crippen LogP) is 13.9. The van der Waals surface area contributed by atoms with Gasteiger partial charge in [-0.3, -0.25) is 0 Å². The minimum Gasteiger partial charge on any atom is -0.310 e. The van der Waals surface area contributed by atoms with Gasteiger partial charge in [0, 0.05) is 33.5 Å². The molecule has 0 amide bonds. The van der Waals surface area contributed by atoms with Crippen molar-refractivity contribution in [3.05, 3.63) is 205 Å². The van der Waals surface area contributed by atoms with Crippen molar-refractivity contribution in [2.24, 2.45) is 0 Å². The highest BCUT2D eigenvalue weighted by molar-refractivity contribution is 6.09. The molecule has 52 heavy (non-hydrogen) atoms. The summed E-state index contributed by atoms with van der Waals surface area (Å²) in [6, 6.07) is 70.0. The zero-order chi connectivity index (χ0) is 35.0. The number of fused-ring (bicyclic) bond motifs is 3. The summed E-state index contributed by atoms with van der Waals surface area (Å²) in [6.07, 6.45) is 0. The molecule has 0 unspecified atom stereocenters. The maximum atomic E-state index is 2.37. The van der Waals surface area contributed by atoms with Gasteiger partial charge in [0.15, 0.2) is 0 Å². The summed E-state index contributed by atoms with van der Waals surface area (Å²) in [4.78, 5) is 2.37. The van der Waals surface area contributed by atoms with Gasteiger partial charge in [-0.15, -0.1) is 0 Å². The standard InChI is InChI=1S/C50H38N2/c1-35-36(2)48(51(42-15-7-4-8-16-42)43-29-25-39(26-30-43)37-13-5-3-6-14-37)34-33-45(35)41-23-21-38(22-24-41)40-27-31-44(32-28-40)52-49-19-11-9-17-46(49)47-18-10-12-20-50(47)52/h3-34H,1-2H3. The predicted molar refractivity (Wildman–Crippen MR) is 221 cm³/mol. The maximum Gasteiger partial charge on any atom is 0.0541 e. The van der Waals surface area contributed by atoms with Crippen molar-refractivity contribution in [2.45, 2.75) is 13.8 Å². The zero-order valence-electron chi connectivity index (χ0n) is 29.4. The molecule has 0 saturated carbocycles. The van der Waals surface area contributed by atoms with E-state index in [9.17, 15) is 0 Å². The van der Waals surface area contributed by atoms with Crippen molar-refractivity contribution in [1.82, 2.24) is 4.57 Å². The number of rotatable bonds is 7. The second-order valence-corrected chi connectivity index (χ2v) is 13.5. The summed E-state index contributed by atoms with van der Waals surface area (Å²) in [5.74, 6) is 0. The van der Waals surface area contributed by atoms with Crippen LogP contribution in [0.3, 0.4) is 0 Å². The third-order valence-corrected chi connectivity index (χ3v) is 10.5. The van der Waals surface area contributed by atoms with Crippen LogP contribution >= 0.6 is 0 Å². The van der Waals surface area contributed by atoms with E-state index in [2.05, 4.69) is 217 Å². The Labute approximate surface area is 305 Å². The maximum absolute atomic E-state index is 2.37. The molecular weight excluding hydrogens is 629 g/mol. The van der Waals surface area contributed by atoms with Crippen molar-refractivity contribution in [1.29, 1.82) is 0 Å². The Morgan fingerprint density at radius 3 is 1.38 bits per heavy atom. The summed E-state index contributed by atoms with van der Waals surface area (Å²) in [6.45, 7) is 4.49. The Kier molecular flexibility index (Phi) is 7.98. The summed E-state index contributed by atoms with van der Waals surface area (Å²) in [7, 11) is 0. The monoisotopic (exact) mass is 666 g/mol. The molecule has 248 valence electrons. The highest BCUT2D eigenvalue weighted by atomic mass is 15.1. The molecule has 0 aliphatic heterocycles. The van der Waals surface area contributed by atoms with E-state index in [4.69, 9.17) is 0 Å². The lowest BCUT2D eigenvalue weighted by atomic mass is 9.93. The third-order valence-electron chi connectivity index (χ3n) is 10.5. The first kappa shape index (κ1) is 31.3. The lowest BCUT2D eigenvalue weighted by Crippen LogP contribution is -2.12. The highest BCUT2D eigenvalue weighted by Crippen LogP contribution is 2.41. The van der Waals surface area contributed by atoms with Crippen LogP contribution in [0.25, 0.3) is 60.9 Å². The molecule has 0 fully saturated rings. The molecule has 1 heterocycles. The van der Waals surface area contributed by atoms with Gasteiger partial charge >= 0.3 is 0 Å².